The van der Waals surface area contributed by atoms with E-state index in [0.29, 0.717) is 5.58 Å². The van der Waals surface area contributed by atoms with Crippen LogP contribution in [0.2, 0.25) is 0 Å². The van der Waals surface area contributed by atoms with Crippen LogP contribution in [0.1, 0.15) is 0 Å². The number of furan rings is 1. The van der Waals surface area contributed by atoms with E-state index in [2.05, 4.69) is 5.32 Å². The fourth-order valence-electron chi connectivity index (χ4n) is 1.19. The Morgan fingerprint density at radius 2 is 2.25 bits per heavy atom. The van der Waals surface area contributed by atoms with E-state index in [1.54, 1.807) is 19.4 Å². The largest absolute Gasteiger partial charge is 0.462 e. The fourth-order valence-corrected chi connectivity index (χ4v) is 1.19. The first-order chi connectivity index (χ1) is 5.81. The predicted octanol–water partition coefficient (Wildman–Crippen LogP) is 2.61. The number of rotatable bonds is 1. The summed E-state index contributed by atoms with van der Waals surface area (Å²) in [5.41, 5.74) is 1.50. The first-order valence-electron chi connectivity index (χ1n) is 3.66. The van der Waals surface area contributed by atoms with Crippen LogP contribution in [-0.4, -0.2) is 7.05 Å². The minimum atomic E-state index is -0.250. The van der Waals surface area contributed by atoms with Crippen LogP contribution in [0.15, 0.2) is 28.9 Å². The summed E-state index contributed by atoms with van der Waals surface area (Å²) >= 11 is 0. The Kier molecular flexibility index (Phi) is 1.50. The third kappa shape index (κ3) is 0.942. The van der Waals surface area contributed by atoms with Gasteiger partial charge in [0.05, 0.1) is 5.69 Å². The van der Waals surface area contributed by atoms with Gasteiger partial charge >= 0.3 is 0 Å². The molecule has 0 aliphatic heterocycles. The van der Waals surface area contributed by atoms with Gasteiger partial charge in [-0.3, -0.25) is 0 Å². The molecule has 1 heterocycles. The lowest BCUT2D eigenvalue weighted by atomic mass is 10.2. The molecule has 3 heteroatoms. The van der Waals surface area contributed by atoms with Crippen LogP contribution in [0.25, 0.3) is 11.0 Å². The number of benzene rings is 1. The van der Waals surface area contributed by atoms with Gasteiger partial charge in [0.25, 0.3) is 0 Å². The van der Waals surface area contributed by atoms with E-state index in [1.165, 1.54) is 12.1 Å². The monoisotopic (exact) mass is 165 g/mol. The molecule has 0 amide bonds. The lowest BCUT2D eigenvalue weighted by molar-refractivity contribution is 0.610. The Labute approximate surface area is 69.0 Å². The SMILES string of the molecule is CNc1coc2ccc(F)cc12. The maximum Gasteiger partial charge on any atom is 0.136 e. The summed E-state index contributed by atoms with van der Waals surface area (Å²) in [6.45, 7) is 0. The summed E-state index contributed by atoms with van der Waals surface area (Å²) in [6, 6.07) is 4.45. The molecule has 1 aromatic heterocycles. The highest BCUT2D eigenvalue weighted by atomic mass is 19.1. The van der Waals surface area contributed by atoms with Crippen molar-refractivity contribution in [3.05, 3.63) is 30.3 Å². The van der Waals surface area contributed by atoms with Crippen LogP contribution < -0.4 is 5.32 Å². The third-order valence-corrected chi connectivity index (χ3v) is 1.80. The minimum Gasteiger partial charge on any atom is -0.462 e. The molecule has 0 saturated heterocycles. The van der Waals surface area contributed by atoms with Crippen molar-refractivity contribution in [2.75, 3.05) is 12.4 Å². The highest BCUT2D eigenvalue weighted by Crippen LogP contribution is 2.25. The first-order valence-corrected chi connectivity index (χ1v) is 3.66. The smallest absolute Gasteiger partial charge is 0.136 e. The molecule has 2 rings (SSSR count). The van der Waals surface area contributed by atoms with Gasteiger partial charge in [-0.05, 0) is 18.2 Å². The van der Waals surface area contributed by atoms with Crippen LogP contribution in [0.4, 0.5) is 10.1 Å². The van der Waals surface area contributed by atoms with Gasteiger partial charge in [0.15, 0.2) is 0 Å². The van der Waals surface area contributed by atoms with Crippen molar-refractivity contribution in [2.24, 2.45) is 0 Å². The topological polar surface area (TPSA) is 25.2 Å². The van der Waals surface area contributed by atoms with Gasteiger partial charge in [-0.2, -0.15) is 0 Å². The quantitative estimate of drug-likeness (QED) is 0.702. The van der Waals surface area contributed by atoms with Gasteiger partial charge in [-0.25, -0.2) is 4.39 Å². The van der Waals surface area contributed by atoms with Crippen molar-refractivity contribution in [1.29, 1.82) is 0 Å². The zero-order valence-electron chi connectivity index (χ0n) is 6.60. The molecular weight excluding hydrogens is 157 g/mol. The maximum absolute atomic E-state index is 12.8. The van der Waals surface area contributed by atoms with Crippen molar-refractivity contribution < 1.29 is 8.81 Å². The van der Waals surface area contributed by atoms with Gasteiger partial charge in [0.1, 0.15) is 17.7 Å². The zero-order valence-corrected chi connectivity index (χ0v) is 6.60. The van der Waals surface area contributed by atoms with E-state index >= 15 is 0 Å². The van der Waals surface area contributed by atoms with Crippen LogP contribution in [0, 0.1) is 5.82 Å². The molecule has 2 aromatic rings. The standard InChI is InChI=1S/C9H8FNO/c1-11-8-5-12-9-3-2-6(10)4-7(8)9/h2-5,11H,1H3. The Morgan fingerprint density at radius 3 is 3.00 bits per heavy atom. The Morgan fingerprint density at radius 1 is 1.42 bits per heavy atom. The molecule has 1 aromatic carbocycles. The lowest BCUT2D eigenvalue weighted by Gasteiger charge is -1.93. The molecule has 0 aliphatic rings. The molecule has 0 atom stereocenters. The van der Waals surface area contributed by atoms with Gasteiger partial charge in [-0.15, -0.1) is 0 Å². The maximum atomic E-state index is 12.8. The average molecular weight is 165 g/mol. The highest BCUT2D eigenvalue weighted by molar-refractivity contribution is 5.90. The van der Waals surface area contributed by atoms with Gasteiger partial charge in [0, 0.05) is 12.4 Å². The Hall–Kier alpha value is -1.51. The first kappa shape index (κ1) is 7.16. The summed E-state index contributed by atoms with van der Waals surface area (Å²) in [4.78, 5) is 0. The van der Waals surface area contributed by atoms with E-state index in [0.717, 1.165) is 11.1 Å². The molecule has 0 bridgehead atoms. The number of nitrogens with one attached hydrogen (secondary N) is 1. The normalized spacial score (nSPS) is 10.5. The number of fused-ring (bicyclic) bond motifs is 1. The van der Waals surface area contributed by atoms with Crippen molar-refractivity contribution in [3.8, 4) is 0 Å². The summed E-state index contributed by atoms with van der Waals surface area (Å²) in [5.74, 6) is -0.250. The molecule has 62 valence electrons. The second-order valence-electron chi connectivity index (χ2n) is 2.54. The van der Waals surface area contributed by atoms with Crippen LogP contribution in [0.3, 0.4) is 0 Å². The Bertz CT molecular complexity index is 408. The summed E-state index contributed by atoms with van der Waals surface area (Å²) < 4.78 is 17.9. The zero-order chi connectivity index (χ0) is 8.55. The molecule has 0 aliphatic carbocycles. The Balaban J connectivity index is 2.75. The number of hydrogen-bond acceptors (Lipinski definition) is 2. The number of anilines is 1. The van der Waals surface area contributed by atoms with Crippen LogP contribution in [0.5, 0.6) is 0 Å². The van der Waals surface area contributed by atoms with Gasteiger partial charge < -0.3 is 9.73 Å². The molecule has 12 heavy (non-hydrogen) atoms. The van der Waals surface area contributed by atoms with Gasteiger partial charge in [0.2, 0.25) is 0 Å². The van der Waals surface area contributed by atoms with Crippen LogP contribution in [-0.2, 0) is 0 Å². The molecule has 0 saturated carbocycles. The fraction of sp³-hybridized carbons (Fsp3) is 0.111. The molecule has 0 unspecified atom stereocenters. The molecule has 2 nitrogen and oxygen atoms in total. The van der Waals surface area contributed by atoms with Crippen molar-refractivity contribution in [3.63, 3.8) is 0 Å². The summed E-state index contributed by atoms with van der Waals surface area (Å²) in [6.07, 6.45) is 1.57. The molecular formula is C9H8FNO. The average Bonchev–Trinajstić information content (AvgIpc) is 2.46. The van der Waals surface area contributed by atoms with Crippen LogP contribution >= 0.6 is 0 Å². The van der Waals surface area contributed by atoms with Gasteiger partial charge in [-0.1, -0.05) is 0 Å². The number of hydrogen-bond donors (Lipinski definition) is 1. The second kappa shape index (κ2) is 2.52. The highest BCUT2D eigenvalue weighted by Gasteiger charge is 2.03. The summed E-state index contributed by atoms with van der Waals surface area (Å²) in [7, 11) is 1.77. The van der Waals surface area contributed by atoms with E-state index in [-0.39, 0.29) is 5.82 Å². The van der Waals surface area contributed by atoms with Crippen molar-refractivity contribution in [2.45, 2.75) is 0 Å². The van der Waals surface area contributed by atoms with E-state index in [4.69, 9.17) is 4.42 Å². The molecule has 0 radical (unpaired) electrons. The summed E-state index contributed by atoms with van der Waals surface area (Å²) in [5, 5.41) is 3.69. The molecule has 1 N–H and O–H groups in total. The predicted molar refractivity (Wildman–Crippen MR) is 45.7 cm³/mol. The molecule has 0 spiro atoms. The second-order valence-corrected chi connectivity index (χ2v) is 2.54. The number of halogens is 1. The van der Waals surface area contributed by atoms with E-state index < -0.39 is 0 Å². The van der Waals surface area contributed by atoms with E-state index in [1.807, 2.05) is 0 Å². The lowest BCUT2D eigenvalue weighted by Crippen LogP contribution is -1.84. The third-order valence-electron chi connectivity index (χ3n) is 1.80. The molecule has 0 fully saturated rings. The van der Waals surface area contributed by atoms with Crippen molar-refractivity contribution in [1.82, 2.24) is 0 Å². The minimum absolute atomic E-state index is 0.250. The van der Waals surface area contributed by atoms with Crippen molar-refractivity contribution >= 4 is 16.7 Å². The van der Waals surface area contributed by atoms with E-state index in [9.17, 15) is 4.39 Å².